The minimum atomic E-state index is -0.586. The number of aliphatic imine (C=N–C) groups is 1. The first-order valence-corrected chi connectivity index (χ1v) is 10.6. The molecule has 0 spiro atoms. The highest BCUT2D eigenvalue weighted by atomic mass is 16.5. The zero-order valence-electron chi connectivity index (χ0n) is 18.1. The van der Waals surface area contributed by atoms with Crippen molar-refractivity contribution in [3.63, 3.8) is 0 Å². The van der Waals surface area contributed by atoms with E-state index in [1.807, 2.05) is 36.4 Å². The summed E-state index contributed by atoms with van der Waals surface area (Å²) in [5.41, 5.74) is 15.2. The van der Waals surface area contributed by atoms with Gasteiger partial charge in [-0.3, -0.25) is 0 Å². The number of nitrogens with one attached hydrogen (secondary N) is 2. The van der Waals surface area contributed by atoms with E-state index in [4.69, 9.17) is 16.2 Å². The second kappa shape index (κ2) is 10.4. The predicted octanol–water partition coefficient (Wildman–Crippen LogP) is 2.21. The molecule has 0 unspecified atom stereocenters. The fourth-order valence-electron chi connectivity index (χ4n) is 3.44. The van der Waals surface area contributed by atoms with Crippen molar-refractivity contribution < 1.29 is 9.53 Å². The number of ether oxygens (including phenoxy) is 1. The lowest BCUT2D eigenvalue weighted by Crippen LogP contribution is -2.36. The number of benzene rings is 2. The van der Waals surface area contributed by atoms with Crippen LogP contribution >= 0.6 is 0 Å². The van der Waals surface area contributed by atoms with E-state index in [0.29, 0.717) is 12.5 Å². The number of carbonyl (C=O) groups excluding carboxylic acids is 1. The van der Waals surface area contributed by atoms with Crippen LogP contribution in [-0.4, -0.2) is 48.3 Å². The van der Waals surface area contributed by atoms with Crippen LogP contribution < -0.4 is 27.0 Å². The third kappa shape index (κ3) is 6.17. The van der Waals surface area contributed by atoms with Gasteiger partial charge in [0.15, 0.2) is 5.96 Å². The molecule has 0 aliphatic carbocycles. The molecule has 1 fully saturated rings. The summed E-state index contributed by atoms with van der Waals surface area (Å²) in [6.07, 6.45) is 3.52. The standard InChI is InChI=1S/C23H26N8O2/c24-21(25)30-23(32)28-13-16-2-1-3-17(12-16)18-14-26-22(27-15-18)29-19-4-6-20(7-5-19)31-8-10-33-11-9-31/h1-7,12,14-15H,8-11,13H2,(H,26,27,29)(H5,24,25,28,30,32). The number of urea groups is 1. The van der Waals surface area contributed by atoms with E-state index < -0.39 is 6.03 Å². The normalized spacial score (nSPS) is 13.3. The van der Waals surface area contributed by atoms with Crippen molar-refractivity contribution >= 4 is 29.3 Å². The van der Waals surface area contributed by atoms with Crippen molar-refractivity contribution in [3.05, 3.63) is 66.5 Å². The van der Waals surface area contributed by atoms with E-state index >= 15 is 0 Å². The van der Waals surface area contributed by atoms with E-state index in [9.17, 15) is 4.79 Å². The summed E-state index contributed by atoms with van der Waals surface area (Å²) in [5, 5.41) is 5.86. The third-order valence-electron chi connectivity index (χ3n) is 5.09. The van der Waals surface area contributed by atoms with Crippen LogP contribution in [-0.2, 0) is 11.3 Å². The molecule has 1 aliphatic heterocycles. The highest BCUT2D eigenvalue weighted by molar-refractivity contribution is 5.90. The maximum absolute atomic E-state index is 11.6. The molecule has 2 amide bonds. The van der Waals surface area contributed by atoms with Crippen molar-refractivity contribution in [2.75, 3.05) is 36.5 Å². The molecule has 2 aromatic carbocycles. The number of nitrogens with zero attached hydrogens (tertiary/aromatic N) is 4. The summed E-state index contributed by atoms with van der Waals surface area (Å²) in [6.45, 7) is 3.62. The molecule has 170 valence electrons. The van der Waals surface area contributed by atoms with Crippen LogP contribution in [0.5, 0.6) is 0 Å². The van der Waals surface area contributed by atoms with Crippen LogP contribution in [0.3, 0.4) is 0 Å². The molecule has 0 bridgehead atoms. The lowest BCUT2D eigenvalue weighted by Gasteiger charge is -2.28. The zero-order valence-corrected chi connectivity index (χ0v) is 18.1. The number of nitrogens with two attached hydrogens (primary N) is 2. The third-order valence-corrected chi connectivity index (χ3v) is 5.09. The lowest BCUT2D eigenvalue weighted by atomic mass is 10.1. The van der Waals surface area contributed by atoms with E-state index in [1.165, 1.54) is 5.69 Å². The summed E-state index contributed by atoms with van der Waals surface area (Å²) in [7, 11) is 0. The van der Waals surface area contributed by atoms with Gasteiger partial charge in [0.25, 0.3) is 0 Å². The van der Waals surface area contributed by atoms with Crippen molar-refractivity contribution in [3.8, 4) is 11.1 Å². The number of guanidine groups is 1. The minimum absolute atomic E-state index is 0.278. The second-order valence-electron chi connectivity index (χ2n) is 7.46. The maximum Gasteiger partial charge on any atom is 0.344 e. The van der Waals surface area contributed by atoms with Crippen molar-refractivity contribution in [2.45, 2.75) is 6.54 Å². The molecule has 10 nitrogen and oxygen atoms in total. The molecular formula is C23H26N8O2. The number of anilines is 3. The van der Waals surface area contributed by atoms with Crippen LogP contribution in [0.15, 0.2) is 65.9 Å². The number of aromatic nitrogens is 2. The van der Waals surface area contributed by atoms with Gasteiger partial charge in [-0.25, -0.2) is 14.8 Å². The Morgan fingerprint density at radius 1 is 1.03 bits per heavy atom. The van der Waals surface area contributed by atoms with Crippen LogP contribution in [0.2, 0.25) is 0 Å². The molecular weight excluding hydrogens is 420 g/mol. The van der Waals surface area contributed by atoms with Crippen LogP contribution in [0, 0.1) is 0 Å². The van der Waals surface area contributed by atoms with Crippen molar-refractivity contribution in [1.29, 1.82) is 0 Å². The Bertz CT molecular complexity index is 1110. The van der Waals surface area contributed by atoms with Gasteiger partial charge < -0.3 is 31.7 Å². The molecule has 0 radical (unpaired) electrons. The number of hydrogen-bond donors (Lipinski definition) is 4. The molecule has 2 heterocycles. The summed E-state index contributed by atoms with van der Waals surface area (Å²) < 4.78 is 5.41. The molecule has 1 saturated heterocycles. The van der Waals surface area contributed by atoms with E-state index in [-0.39, 0.29) is 5.96 Å². The van der Waals surface area contributed by atoms with Crippen molar-refractivity contribution in [2.24, 2.45) is 16.5 Å². The van der Waals surface area contributed by atoms with E-state index in [2.05, 4.69) is 42.6 Å². The summed E-state index contributed by atoms with van der Waals surface area (Å²) in [6, 6.07) is 15.3. The predicted molar refractivity (Wildman–Crippen MR) is 128 cm³/mol. The Morgan fingerprint density at radius 2 is 1.76 bits per heavy atom. The van der Waals surface area contributed by atoms with Gasteiger partial charge in [-0.1, -0.05) is 18.2 Å². The molecule has 1 aliphatic rings. The Labute approximate surface area is 191 Å². The van der Waals surface area contributed by atoms with Crippen LogP contribution in [0.25, 0.3) is 11.1 Å². The first-order valence-electron chi connectivity index (χ1n) is 10.6. The molecule has 6 N–H and O–H groups in total. The smallest absolute Gasteiger partial charge is 0.344 e. The number of amides is 2. The average Bonchev–Trinajstić information content (AvgIpc) is 2.84. The van der Waals surface area contributed by atoms with Crippen LogP contribution in [0.4, 0.5) is 22.1 Å². The highest BCUT2D eigenvalue weighted by Gasteiger charge is 2.11. The first kappa shape index (κ1) is 22.0. The average molecular weight is 447 g/mol. The summed E-state index contributed by atoms with van der Waals surface area (Å²) in [5.74, 6) is 0.235. The number of carbonyl (C=O) groups is 1. The van der Waals surface area contributed by atoms with Crippen LogP contribution in [0.1, 0.15) is 5.56 Å². The quantitative estimate of drug-likeness (QED) is 0.333. The fourth-order valence-corrected chi connectivity index (χ4v) is 3.44. The number of morpholine rings is 1. The van der Waals surface area contributed by atoms with Gasteiger partial charge in [0.1, 0.15) is 0 Å². The summed E-state index contributed by atoms with van der Waals surface area (Å²) >= 11 is 0. The number of rotatable bonds is 6. The van der Waals surface area contributed by atoms with Gasteiger partial charge in [0, 0.05) is 49.0 Å². The Kier molecular flexibility index (Phi) is 6.96. The minimum Gasteiger partial charge on any atom is -0.378 e. The zero-order chi connectivity index (χ0) is 23.0. The number of hydrogen-bond acceptors (Lipinski definition) is 6. The first-order chi connectivity index (χ1) is 16.1. The molecule has 10 heteroatoms. The largest absolute Gasteiger partial charge is 0.378 e. The monoisotopic (exact) mass is 446 g/mol. The van der Waals surface area contributed by atoms with Gasteiger partial charge in [0.2, 0.25) is 5.95 Å². The topological polar surface area (TPSA) is 144 Å². The second-order valence-corrected chi connectivity index (χ2v) is 7.46. The Hall–Kier alpha value is -4.18. The van der Waals surface area contributed by atoms with E-state index in [0.717, 1.165) is 48.7 Å². The molecule has 0 saturated carbocycles. The molecule has 4 rings (SSSR count). The van der Waals surface area contributed by atoms with Gasteiger partial charge in [-0.05, 0) is 41.5 Å². The fraction of sp³-hybridized carbons (Fsp3) is 0.217. The summed E-state index contributed by atoms with van der Waals surface area (Å²) in [4.78, 5) is 26.2. The van der Waals surface area contributed by atoms with Gasteiger partial charge in [-0.2, -0.15) is 4.99 Å². The maximum atomic E-state index is 11.6. The Balaban J connectivity index is 1.37. The highest BCUT2D eigenvalue weighted by Crippen LogP contribution is 2.23. The van der Waals surface area contributed by atoms with Gasteiger partial charge >= 0.3 is 6.03 Å². The lowest BCUT2D eigenvalue weighted by molar-refractivity contribution is 0.122. The molecule has 33 heavy (non-hydrogen) atoms. The Morgan fingerprint density at radius 3 is 2.45 bits per heavy atom. The molecule has 0 atom stereocenters. The molecule has 3 aromatic rings. The van der Waals surface area contributed by atoms with Gasteiger partial charge in [0.05, 0.1) is 13.2 Å². The molecule has 1 aromatic heterocycles. The van der Waals surface area contributed by atoms with E-state index in [1.54, 1.807) is 12.4 Å². The SMILES string of the molecule is NC(N)=NC(=O)NCc1cccc(-c2cnc(Nc3ccc(N4CCOCC4)cc3)nc2)c1. The van der Waals surface area contributed by atoms with Crippen molar-refractivity contribution in [1.82, 2.24) is 15.3 Å². The van der Waals surface area contributed by atoms with Gasteiger partial charge in [-0.15, -0.1) is 0 Å².